The maximum absolute atomic E-state index is 12.2. The van der Waals surface area contributed by atoms with E-state index in [2.05, 4.69) is 10.2 Å². The first kappa shape index (κ1) is 15.3. The van der Waals surface area contributed by atoms with Crippen molar-refractivity contribution < 1.29 is 14.3 Å². The van der Waals surface area contributed by atoms with E-state index in [-0.39, 0.29) is 18.4 Å². The summed E-state index contributed by atoms with van der Waals surface area (Å²) in [6.45, 7) is 1.49. The number of hydrogen-bond donors (Lipinski definition) is 1. The molecule has 0 aliphatic carbocycles. The van der Waals surface area contributed by atoms with Crippen LogP contribution in [0.15, 0.2) is 18.2 Å². The van der Waals surface area contributed by atoms with Crippen LogP contribution in [0.3, 0.4) is 0 Å². The molecule has 1 heterocycles. The summed E-state index contributed by atoms with van der Waals surface area (Å²) in [7, 11) is 5.68. The summed E-state index contributed by atoms with van der Waals surface area (Å²) < 4.78 is 5.44. The van der Waals surface area contributed by atoms with Crippen LogP contribution in [-0.4, -0.2) is 57.6 Å². The Hall–Kier alpha value is -2.08. The fourth-order valence-corrected chi connectivity index (χ4v) is 2.18. The zero-order valence-corrected chi connectivity index (χ0v) is 12.7. The van der Waals surface area contributed by atoms with Gasteiger partial charge in [0, 0.05) is 13.6 Å². The molecule has 0 spiro atoms. The van der Waals surface area contributed by atoms with Gasteiger partial charge in [-0.1, -0.05) is 6.07 Å². The van der Waals surface area contributed by atoms with Crippen LogP contribution in [0.25, 0.3) is 0 Å². The second-order valence-electron chi connectivity index (χ2n) is 5.31. The minimum absolute atomic E-state index is 0.0333. The molecule has 2 rings (SSSR count). The van der Waals surface area contributed by atoms with Crippen LogP contribution < -0.4 is 15.0 Å². The van der Waals surface area contributed by atoms with Crippen molar-refractivity contribution in [1.82, 2.24) is 10.2 Å². The average molecular weight is 291 g/mol. The number of para-hydroxylation sites is 1. The Morgan fingerprint density at radius 3 is 2.90 bits per heavy atom. The normalized spacial score (nSPS) is 13.9. The predicted molar refractivity (Wildman–Crippen MR) is 80.9 cm³/mol. The summed E-state index contributed by atoms with van der Waals surface area (Å²) in [6, 6.07) is 5.24. The molecule has 1 aromatic carbocycles. The van der Waals surface area contributed by atoms with Crippen LogP contribution in [-0.2, 0) is 4.79 Å². The van der Waals surface area contributed by atoms with E-state index < -0.39 is 0 Å². The highest BCUT2D eigenvalue weighted by molar-refractivity contribution is 6.03. The van der Waals surface area contributed by atoms with Crippen LogP contribution in [0.1, 0.15) is 16.8 Å². The Kier molecular flexibility index (Phi) is 4.80. The van der Waals surface area contributed by atoms with Gasteiger partial charge in [0.05, 0.1) is 11.3 Å². The molecular weight excluding hydrogens is 270 g/mol. The number of nitrogens with zero attached hydrogens (tertiary/aromatic N) is 2. The highest BCUT2D eigenvalue weighted by Gasteiger charge is 2.26. The number of rotatable bonds is 5. The maximum atomic E-state index is 12.2. The molecule has 21 heavy (non-hydrogen) atoms. The molecule has 0 aromatic heterocycles. The lowest BCUT2D eigenvalue weighted by atomic mass is 10.1. The fourth-order valence-electron chi connectivity index (χ4n) is 2.18. The van der Waals surface area contributed by atoms with Crippen LogP contribution in [0.4, 0.5) is 5.69 Å². The number of nitrogens with one attached hydrogen (secondary N) is 1. The van der Waals surface area contributed by atoms with Gasteiger partial charge >= 0.3 is 0 Å². The Labute approximate surface area is 124 Å². The van der Waals surface area contributed by atoms with Gasteiger partial charge in [-0.05, 0) is 39.2 Å². The van der Waals surface area contributed by atoms with Crippen molar-refractivity contribution >= 4 is 17.5 Å². The summed E-state index contributed by atoms with van der Waals surface area (Å²) in [5.74, 6) is 0.184. The van der Waals surface area contributed by atoms with Gasteiger partial charge in [0.15, 0.2) is 12.4 Å². The van der Waals surface area contributed by atoms with Crippen molar-refractivity contribution in [2.75, 3.05) is 45.7 Å². The second kappa shape index (κ2) is 6.58. The topological polar surface area (TPSA) is 61.9 Å². The Morgan fingerprint density at radius 1 is 1.43 bits per heavy atom. The molecule has 0 saturated carbocycles. The molecule has 0 radical (unpaired) electrons. The lowest BCUT2D eigenvalue weighted by molar-refractivity contribution is -0.121. The van der Waals surface area contributed by atoms with Crippen molar-refractivity contribution in [3.8, 4) is 5.75 Å². The lowest BCUT2D eigenvalue weighted by Crippen LogP contribution is -2.36. The minimum Gasteiger partial charge on any atom is -0.481 e. The van der Waals surface area contributed by atoms with Crippen molar-refractivity contribution in [3.05, 3.63) is 23.8 Å². The predicted octanol–water partition coefficient (Wildman–Crippen LogP) is 0.723. The van der Waals surface area contributed by atoms with Gasteiger partial charge in [0.2, 0.25) is 0 Å². The monoisotopic (exact) mass is 291 g/mol. The first-order chi connectivity index (χ1) is 10.0. The molecule has 6 nitrogen and oxygen atoms in total. The number of amides is 2. The highest BCUT2D eigenvalue weighted by Crippen LogP contribution is 2.34. The first-order valence-corrected chi connectivity index (χ1v) is 6.96. The van der Waals surface area contributed by atoms with E-state index in [1.165, 1.54) is 4.90 Å². The summed E-state index contributed by atoms with van der Waals surface area (Å²) in [6.07, 6.45) is 0.882. The largest absolute Gasteiger partial charge is 0.481 e. The van der Waals surface area contributed by atoms with Crippen molar-refractivity contribution in [1.29, 1.82) is 0 Å². The number of hydrogen-bond acceptors (Lipinski definition) is 4. The Morgan fingerprint density at radius 2 is 2.19 bits per heavy atom. The van der Waals surface area contributed by atoms with Crippen LogP contribution in [0.2, 0.25) is 0 Å². The number of benzene rings is 1. The average Bonchev–Trinajstić information content (AvgIpc) is 2.46. The maximum Gasteiger partial charge on any atom is 0.264 e. The summed E-state index contributed by atoms with van der Waals surface area (Å²) in [5.41, 5.74) is 1.10. The smallest absolute Gasteiger partial charge is 0.264 e. The standard InChI is InChI=1S/C15H21N3O3/c1-17(2)9-5-8-16-15(20)11-6-4-7-12-14(11)21-10-13(19)18(12)3/h4,6-7H,5,8-10H2,1-3H3,(H,16,20). The van der Waals surface area contributed by atoms with Gasteiger partial charge in [-0.15, -0.1) is 0 Å². The zero-order valence-electron chi connectivity index (χ0n) is 12.7. The van der Waals surface area contributed by atoms with Crippen LogP contribution >= 0.6 is 0 Å². The summed E-state index contributed by atoms with van der Waals surface area (Å²) in [4.78, 5) is 27.4. The minimum atomic E-state index is -0.173. The quantitative estimate of drug-likeness (QED) is 0.812. The molecule has 0 atom stereocenters. The van der Waals surface area contributed by atoms with Gasteiger partial charge in [-0.2, -0.15) is 0 Å². The molecule has 0 fully saturated rings. The zero-order chi connectivity index (χ0) is 15.4. The molecule has 6 heteroatoms. The Balaban J connectivity index is 2.07. The molecule has 1 aromatic rings. The lowest BCUT2D eigenvalue weighted by Gasteiger charge is -2.27. The third-order valence-corrected chi connectivity index (χ3v) is 3.38. The van der Waals surface area contributed by atoms with E-state index in [0.29, 0.717) is 23.5 Å². The molecular formula is C15H21N3O3. The van der Waals surface area contributed by atoms with E-state index in [1.807, 2.05) is 14.1 Å². The third-order valence-electron chi connectivity index (χ3n) is 3.38. The third kappa shape index (κ3) is 3.52. The first-order valence-electron chi connectivity index (χ1n) is 6.96. The number of carbonyl (C=O) groups excluding carboxylic acids is 2. The fraction of sp³-hybridized carbons (Fsp3) is 0.467. The highest BCUT2D eigenvalue weighted by atomic mass is 16.5. The van der Waals surface area contributed by atoms with Gasteiger partial charge in [-0.3, -0.25) is 9.59 Å². The van der Waals surface area contributed by atoms with Crippen molar-refractivity contribution in [2.24, 2.45) is 0 Å². The van der Waals surface area contributed by atoms with Gasteiger partial charge in [0.1, 0.15) is 0 Å². The van der Waals surface area contributed by atoms with E-state index >= 15 is 0 Å². The van der Waals surface area contributed by atoms with Gasteiger partial charge in [0.25, 0.3) is 11.8 Å². The molecule has 1 aliphatic heterocycles. The molecule has 114 valence electrons. The molecule has 0 saturated heterocycles. The van der Waals surface area contributed by atoms with Crippen LogP contribution in [0.5, 0.6) is 5.75 Å². The number of ether oxygens (including phenoxy) is 1. The number of carbonyl (C=O) groups is 2. The number of likely N-dealkylation sites (N-methyl/N-ethyl adjacent to an activating group) is 1. The van der Waals surface area contributed by atoms with Gasteiger partial charge < -0.3 is 19.9 Å². The van der Waals surface area contributed by atoms with Crippen molar-refractivity contribution in [3.63, 3.8) is 0 Å². The van der Waals surface area contributed by atoms with Gasteiger partial charge in [-0.25, -0.2) is 0 Å². The molecule has 1 N–H and O–H groups in total. The van der Waals surface area contributed by atoms with E-state index in [4.69, 9.17) is 4.74 Å². The SMILES string of the molecule is CN(C)CCCNC(=O)c1cccc2c1OCC(=O)N2C. The Bertz CT molecular complexity index is 543. The van der Waals surface area contributed by atoms with E-state index in [9.17, 15) is 9.59 Å². The molecule has 1 aliphatic rings. The molecule has 0 bridgehead atoms. The van der Waals surface area contributed by atoms with E-state index in [0.717, 1.165) is 13.0 Å². The van der Waals surface area contributed by atoms with Crippen LogP contribution in [0, 0.1) is 0 Å². The molecule has 2 amide bonds. The summed E-state index contributed by atoms with van der Waals surface area (Å²) in [5, 5.41) is 2.88. The number of anilines is 1. The van der Waals surface area contributed by atoms with E-state index in [1.54, 1.807) is 25.2 Å². The second-order valence-corrected chi connectivity index (χ2v) is 5.31. The molecule has 0 unspecified atom stereocenters. The summed E-state index contributed by atoms with van der Waals surface area (Å²) >= 11 is 0. The van der Waals surface area contributed by atoms with Crippen molar-refractivity contribution in [2.45, 2.75) is 6.42 Å². The number of fused-ring (bicyclic) bond motifs is 1.